The van der Waals surface area contributed by atoms with Crippen LogP contribution in [-0.2, 0) is 22.4 Å². The lowest BCUT2D eigenvalue weighted by molar-refractivity contribution is -0.114. The van der Waals surface area contributed by atoms with Gasteiger partial charge in [-0.15, -0.1) is 0 Å². The molecule has 11 nitrogen and oxygen atoms in total. The zero-order valence-corrected chi connectivity index (χ0v) is 21.6. The second-order valence-electron chi connectivity index (χ2n) is 7.67. The van der Waals surface area contributed by atoms with Gasteiger partial charge in [0.25, 0.3) is 11.1 Å². The van der Waals surface area contributed by atoms with Gasteiger partial charge in [0, 0.05) is 23.5 Å². The van der Waals surface area contributed by atoms with E-state index in [1.165, 1.54) is 12.1 Å². The number of pyridine rings is 1. The van der Waals surface area contributed by atoms with Crippen molar-refractivity contribution in [2.45, 2.75) is 49.8 Å². The summed E-state index contributed by atoms with van der Waals surface area (Å²) in [6.07, 6.45) is 3.09. The van der Waals surface area contributed by atoms with E-state index in [9.17, 15) is 19.2 Å². The minimum Gasteiger partial charge on any atom is -0.310 e. The van der Waals surface area contributed by atoms with Crippen LogP contribution in [0.4, 0.5) is 11.6 Å². The lowest BCUT2D eigenvalue weighted by Crippen LogP contribution is -2.19. The van der Waals surface area contributed by atoms with Crippen LogP contribution in [0.15, 0.2) is 50.2 Å². The maximum Gasteiger partial charge on any atom is 0.251 e. The molecule has 3 rings (SSSR count). The van der Waals surface area contributed by atoms with E-state index in [4.69, 9.17) is 0 Å². The summed E-state index contributed by atoms with van der Waals surface area (Å²) in [6, 6.07) is 7.76. The molecule has 2 amide bonds. The van der Waals surface area contributed by atoms with Gasteiger partial charge >= 0.3 is 0 Å². The molecule has 13 heteroatoms. The fourth-order valence-corrected chi connectivity index (χ4v) is 4.46. The van der Waals surface area contributed by atoms with Gasteiger partial charge in [0.2, 0.25) is 11.8 Å². The molecule has 0 spiro atoms. The summed E-state index contributed by atoms with van der Waals surface area (Å²) in [4.78, 5) is 66.4. The SMILES string of the molecule is CCCc1cc(=O)[nH]c(SCC(=O)Nc2cccc(NC(=O)CSc3nc(CCC)cc(=O)[nH]3)n2)n1. The minimum absolute atomic E-state index is 0.0235. The molecule has 3 aromatic rings. The first-order valence-electron chi connectivity index (χ1n) is 11.4. The number of hydrogen-bond donors (Lipinski definition) is 4. The van der Waals surface area contributed by atoms with Crippen molar-refractivity contribution in [3.05, 3.63) is 62.4 Å². The van der Waals surface area contributed by atoms with Gasteiger partial charge in [0.05, 0.1) is 11.5 Å². The average Bonchev–Trinajstić information content (AvgIpc) is 2.81. The summed E-state index contributed by atoms with van der Waals surface area (Å²) < 4.78 is 0. The number of H-pyrrole nitrogens is 2. The van der Waals surface area contributed by atoms with Crippen LogP contribution in [0.25, 0.3) is 0 Å². The highest BCUT2D eigenvalue weighted by Gasteiger charge is 2.10. The average molecular weight is 530 g/mol. The summed E-state index contributed by atoms with van der Waals surface area (Å²) >= 11 is 2.23. The highest BCUT2D eigenvalue weighted by Crippen LogP contribution is 2.16. The number of aromatic nitrogens is 5. The van der Waals surface area contributed by atoms with Gasteiger partial charge in [-0.1, -0.05) is 56.3 Å². The highest BCUT2D eigenvalue weighted by molar-refractivity contribution is 8.00. The van der Waals surface area contributed by atoms with E-state index in [1.54, 1.807) is 18.2 Å². The number of anilines is 2. The first-order valence-corrected chi connectivity index (χ1v) is 13.3. The fourth-order valence-electron chi connectivity index (χ4n) is 3.07. The maximum atomic E-state index is 12.4. The number of nitrogens with one attached hydrogen (secondary N) is 4. The molecular weight excluding hydrogens is 502 g/mol. The predicted octanol–water partition coefficient (Wildman–Crippen LogP) is 2.61. The molecule has 0 aliphatic rings. The molecule has 0 aromatic carbocycles. The van der Waals surface area contributed by atoms with Gasteiger partial charge in [-0.2, -0.15) is 0 Å². The van der Waals surface area contributed by atoms with Crippen molar-refractivity contribution in [1.82, 2.24) is 24.9 Å². The third kappa shape index (κ3) is 8.96. The van der Waals surface area contributed by atoms with Crippen LogP contribution in [0, 0.1) is 0 Å². The largest absolute Gasteiger partial charge is 0.310 e. The van der Waals surface area contributed by atoms with E-state index in [-0.39, 0.29) is 46.1 Å². The van der Waals surface area contributed by atoms with Crippen molar-refractivity contribution < 1.29 is 9.59 Å². The third-order valence-electron chi connectivity index (χ3n) is 4.52. The summed E-state index contributed by atoms with van der Waals surface area (Å²) in [7, 11) is 0. The Morgan fingerprint density at radius 1 is 0.778 bits per heavy atom. The minimum atomic E-state index is -0.336. The Morgan fingerprint density at radius 2 is 1.22 bits per heavy atom. The first kappa shape index (κ1) is 27.1. The van der Waals surface area contributed by atoms with Crippen molar-refractivity contribution in [3.63, 3.8) is 0 Å². The molecule has 0 fully saturated rings. The number of amides is 2. The van der Waals surface area contributed by atoms with Crippen molar-refractivity contribution in [2.24, 2.45) is 0 Å². The summed E-state index contributed by atoms with van der Waals surface area (Å²) in [5.41, 5.74) is 0.859. The Hall–Kier alpha value is -3.45. The topological polar surface area (TPSA) is 163 Å². The molecule has 4 N–H and O–H groups in total. The van der Waals surface area contributed by atoms with Gasteiger partial charge in [-0.05, 0) is 25.0 Å². The van der Waals surface area contributed by atoms with Crippen molar-refractivity contribution in [3.8, 4) is 0 Å². The number of nitrogens with zero attached hydrogens (tertiary/aromatic N) is 3. The van der Waals surface area contributed by atoms with E-state index in [0.717, 1.165) is 36.4 Å². The number of carbonyl (C=O) groups excluding carboxylic acids is 2. The number of rotatable bonds is 12. The van der Waals surface area contributed by atoms with E-state index >= 15 is 0 Å². The Balaban J connectivity index is 1.51. The molecular formula is C23H27N7O4S2. The van der Waals surface area contributed by atoms with E-state index in [2.05, 4.69) is 35.6 Å². The quantitative estimate of drug-likeness (QED) is 0.204. The third-order valence-corrected chi connectivity index (χ3v) is 6.27. The van der Waals surface area contributed by atoms with Crippen LogP contribution < -0.4 is 21.8 Å². The summed E-state index contributed by atoms with van der Waals surface area (Å²) in [5, 5.41) is 6.09. The summed E-state index contributed by atoms with van der Waals surface area (Å²) in [5.74, 6) is -0.0871. The summed E-state index contributed by atoms with van der Waals surface area (Å²) in [6.45, 7) is 3.99. The van der Waals surface area contributed by atoms with Crippen LogP contribution >= 0.6 is 23.5 Å². The van der Waals surface area contributed by atoms with Crippen LogP contribution in [-0.4, -0.2) is 48.2 Å². The normalized spacial score (nSPS) is 10.7. The second-order valence-corrected chi connectivity index (χ2v) is 9.59. The van der Waals surface area contributed by atoms with Crippen molar-refractivity contribution in [1.29, 1.82) is 0 Å². The molecule has 0 radical (unpaired) electrons. The van der Waals surface area contributed by atoms with E-state index in [1.807, 2.05) is 13.8 Å². The molecule has 190 valence electrons. The Morgan fingerprint density at radius 3 is 1.64 bits per heavy atom. The molecule has 0 atom stereocenters. The smallest absolute Gasteiger partial charge is 0.251 e. The number of aryl methyl sites for hydroxylation is 2. The van der Waals surface area contributed by atoms with Gasteiger partial charge in [-0.25, -0.2) is 15.0 Å². The zero-order valence-electron chi connectivity index (χ0n) is 19.9. The Bertz CT molecular complexity index is 1230. The molecule has 0 bridgehead atoms. The van der Waals surface area contributed by atoms with Crippen LogP contribution in [0.3, 0.4) is 0 Å². The Kier molecular flexibility index (Phi) is 10.2. The van der Waals surface area contributed by atoms with Gasteiger partial charge < -0.3 is 20.6 Å². The van der Waals surface area contributed by atoms with E-state index in [0.29, 0.717) is 34.5 Å². The molecule has 36 heavy (non-hydrogen) atoms. The lowest BCUT2D eigenvalue weighted by atomic mass is 10.2. The maximum absolute atomic E-state index is 12.4. The zero-order chi connectivity index (χ0) is 25.9. The fraction of sp³-hybridized carbons (Fsp3) is 0.348. The number of hydrogen-bond acceptors (Lipinski definition) is 9. The molecule has 0 aliphatic carbocycles. The second kappa shape index (κ2) is 13.6. The van der Waals surface area contributed by atoms with E-state index < -0.39 is 0 Å². The van der Waals surface area contributed by atoms with Gasteiger partial charge in [0.1, 0.15) is 11.6 Å². The monoisotopic (exact) mass is 529 g/mol. The molecule has 0 saturated heterocycles. The number of carbonyl (C=O) groups is 2. The van der Waals surface area contributed by atoms with Crippen LogP contribution in [0.1, 0.15) is 38.1 Å². The van der Waals surface area contributed by atoms with Crippen molar-refractivity contribution in [2.75, 3.05) is 22.1 Å². The standard InChI is InChI=1S/C23H27N7O4S2/c1-3-6-14-10-18(31)29-22(24-14)35-12-20(33)27-16-8-5-9-17(26-16)28-21(34)13-36-23-25-15(7-4-2)11-19(32)30-23/h5,8-11H,3-4,6-7,12-13H2,1-2H3,(H,24,29,31)(H,25,30,32)(H2,26,27,28,33,34). The molecule has 3 heterocycles. The van der Waals surface area contributed by atoms with Gasteiger partial charge in [-0.3, -0.25) is 19.2 Å². The van der Waals surface area contributed by atoms with Crippen LogP contribution in [0.2, 0.25) is 0 Å². The predicted molar refractivity (Wildman–Crippen MR) is 141 cm³/mol. The first-order chi connectivity index (χ1) is 17.3. The number of aromatic amines is 2. The van der Waals surface area contributed by atoms with Gasteiger partial charge in [0.15, 0.2) is 10.3 Å². The lowest BCUT2D eigenvalue weighted by Gasteiger charge is -2.08. The Labute approximate surface area is 215 Å². The molecule has 3 aromatic heterocycles. The van der Waals surface area contributed by atoms with Crippen molar-refractivity contribution >= 4 is 47.0 Å². The molecule has 0 saturated carbocycles. The molecule has 0 unspecified atom stereocenters. The van der Waals surface area contributed by atoms with Crippen LogP contribution in [0.5, 0.6) is 0 Å². The molecule has 0 aliphatic heterocycles. The number of thioether (sulfide) groups is 2. The highest BCUT2D eigenvalue weighted by atomic mass is 32.2.